The van der Waals surface area contributed by atoms with Crippen molar-refractivity contribution in [3.63, 3.8) is 0 Å². The Morgan fingerprint density at radius 1 is 1.30 bits per heavy atom. The smallest absolute Gasteiger partial charge is 0.326 e. The Morgan fingerprint density at radius 3 is 2.55 bits per heavy atom. The van der Waals surface area contributed by atoms with Crippen molar-refractivity contribution in [1.29, 1.82) is 0 Å². The topological polar surface area (TPSA) is 77.8 Å². The van der Waals surface area contributed by atoms with Crippen molar-refractivity contribution in [2.45, 2.75) is 18.6 Å². The zero-order valence-electron chi connectivity index (χ0n) is 10.0. The summed E-state index contributed by atoms with van der Waals surface area (Å²) in [6.07, 6.45) is -1.17. The number of likely N-dealkylation sites (tertiary alicyclic amines) is 1. The van der Waals surface area contributed by atoms with E-state index in [1.165, 1.54) is 0 Å². The average molecular weight is 306 g/mol. The second kappa shape index (κ2) is 5.34. The molecule has 1 aromatic carbocycles. The number of rotatable bonds is 2. The molecule has 0 bridgehead atoms. The molecule has 2 atom stereocenters. The van der Waals surface area contributed by atoms with Gasteiger partial charge >= 0.3 is 5.97 Å². The highest BCUT2D eigenvalue weighted by Gasteiger charge is 2.40. The van der Waals surface area contributed by atoms with Crippen LogP contribution in [-0.4, -0.2) is 45.7 Å². The van der Waals surface area contributed by atoms with E-state index in [1.54, 1.807) is 0 Å². The molecule has 20 heavy (non-hydrogen) atoms. The van der Waals surface area contributed by atoms with Gasteiger partial charge in [0.15, 0.2) is 0 Å². The van der Waals surface area contributed by atoms with Crippen molar-refractivity contribution < 1.29 is 28.6 Å². The molecule has 8 heteroatoms. The molecule has 1 aromatic rings. The number of aliphatic carboxylic acids is 1. The largest absolute Gasteiger partial charge is 0.480 e. The molecule has 2 rings (SSSR count). The third-order valence-electron chi connectivity index (χ3n) is 3.07. The van der Waals surface area contributed by atoms with Crippen LogP contribution in [0.5, 0.6) is 0 Å². The number of carboxylic acid groups (broad SMARTS) is 1. The maximum atomic E-state index is 13.7. The number of aliphatic hydroxyl groups excluding tert-OH is 1. The molecule has 0 radical (unpaired) electrons. The molecule has 1 heterocycles. The molecular formula is C12H10ClF2NO4. The minimum Gasteiger partial charge on any atom is -0.480 e. The number of amides is 1. The highest BCUT2D eigenvalue weighted by atomic mass is 35.5. The van der Waals surface area contributed by atoms with Crippen LogP contribution in [-0.2, 0) is 4.79 Å². The van der Waals surface area contributed by atoms with E-state index in [0.717, 1.165) is 4.90 Å². The summed E-state index contributed by atoms with van der Waals surface area (Å²) in [5.74, 6) is -4.35. The Morgan fingerprint density at radius 2 is 1.95 bits per heavy atom. The SMILES string of the molecule is O=C(O)[C@@H]1C[C@@H](O)CN1C(=O)c1cc(F)c(Cl)cc1F. The van der Waals surface area contributed by atoms with Crippen molar-refractivity contribution in [1.82, 2.24) is 4.90 Å². The van der Waals surface area contributed by atoms with E-state index in [0.29, 0.717) is 12.1 Å². The maximum absolute atomic E-state index is 13.7. The number of carbonyl (C=O) groups excluding carboxylic acids is 1. The van der Waals surface area contributed by atoms with Gasteiger partial charge in [0.05, 0.1) is 16.7 Å². The lowest BCUT2D eigenvalue weighted by Crippen LogP contribution is -2.41. The number of nitrogens with zero attached hydrogens (tertiary/aromatic N) is 1. The summed E-state index contributed by atoms with van der Waals surface area (Å²) in [6.45, 7) is -0.251. The second-order valence-corrected chi connectivity index (χ2v) is 4.85. The lowest BCUT2D eigenvalue weighted by atomic mass is 10.1. The number of aliphatic hydroxyl groups is 1. The van der Waals surface area contributed by atoms with Crippen LogP contribution in [0.1, 0.15) is 16.8 Å². The van der Waals surface area contributed by atoms with Gasteiger partial charge < -0.3 is 15.1 Å². The quantitative estimate of drug-likeness (QED) is 0.807. The lowest BCUT2D eigenvalue weighted by Gasteiger charge is -2.21. The van der Waals surface area contributed by atoms with Crippen LogP contribution in [0.3, 0.4) is 0 Å². The molecule has 0 aliphatic carbocycles. The van der Waals surface area contributed by atoms with Crippen LogP contribution in [0.4, 0.5) is 8.78 Å². The number of β-amino-alcohol motifs (C(OH)–C–C–N with tert-alkyl or cyclic N) is 1. The van der Waals surface area contributed by atoms with Gasteiger partial charge in [-0.1, -0.05) is 11.6 Å². The number of hydrogen-bond donors (Lipinski definition) is 2. The van der Waals surface area contributed by atoms with Crippen LogP contribution in [0, 0.1) is 11.6 Å². The number of carbonyl (C=O) groups is 2. The van der Waals surface area contributed by atoms with Crippen molar-refractivity contribution in [2.24, 2.45) is 0 Å². The molecule has 1 aliphatic rings. The minimum absolute atomic E-state index is 0.154. The summed E-state index contributed by atoms with van der Waals surface area (Å²) >= 11 is 5.38. The number of benzene rings is 1. The van der Waals surface area contributed by atoms with Crippen molar-refractivity contribution in [3.05, 3.63) is 34.4 Å². The van der Waals surface area contributed by atoms with Crippen LogP contribution in [0.15, 0.2) is 12.1 Å². The molecule has 1 aliphatic heterocycles. The number of carboxylic acids is 1. The summed E-state index contributed by atoms with van der Waals surface area (Å²) in [4.78, 5) is 23.9. The lowest BCUT2D eigenvalue weighted by molar-refractivity contribution is -0.141. The zero-order chi connectivity index (χ0) is 15.0. The van der Waals surface area contributed by atoms with E-state index >= 15 is 0 Å². The molecular weight excluding hydrogens is 296 g/mol. The predicted octanol–water partition coefficient (Wildman–Crippen LogP) is 1.28. The average Bonchev–Trinajstić information content (AvgIpc) is 2.75. The Labute approximate surface area is 117 Å². The van der Waals surface area contributed by atoms with Crippen LogP contribution >= 0.6 is 11.6 Å². The first kappa shape index (κ1) is 14.7. The fraction of sp³-hybridized carbons (Fsp3) is 0.333. The van der Waals surface area contributed by atoms with Gasteiger partial charge in [0, 0.05) is 13.0 Å². The molecule has 0 unspecified atom stereocenters. The second-order valence-electron chi connectivity index (χ2n) is 4.45. The summed E-state index contributed by atoms with van der Waals surface area (Å²) in [7, 11) is 0. The normalized spacial score (nSPS) is 22.1. The standard InChI is InChI=1S/C12H10ClF2NO4/c13-7-3-8(14)6(2-9(7)15)11(18)16-4-5(17)1-10(16)12(19)20/h2-3,5,10,17H,1,4H2,(H,19,20)/t5-,10+/m1/s1. The van der Waals surface area contributed by atoms with Gasteiger partial charge in [-0.2, -0.15) is 0 Å². The van der Waals surface area contributed by atoms with Gasteiger partial charge in [-0.15, -0.1) is 0 Å². The molecule has 108 valence electrons. The number of hydrogen-bond acceptors (Lipinski definition) is 3. The Balaban J connectivity index is 2.36. The van der Waals surface area contributed by atoms with Gasteiger partial charge in [0.25, 0.3) is 5.91 Å². The molecule has 2 N–H and O–H groups in total. The van der Waals surface area contributed by atoms with Crippen molar-refractivity contribution >= 4 is 23.5 Å². The van der Waals surface area contributed by atoms with Gasteiger partial charge in [-0.05, 0) is 12.1 Å². The zero-order valence-corrected chi connectivity index (χ0v) is 10.8. The van der Waals surface area contributed by atoms with Crippen LogP contribution < -0.4 is 0 Å². The van der Waals surface area contributed by atoms with E-state index in [9.17, 15) is 23.5 Å². The van der Waals surface area contributed by atoms with E-state index in [4.69, 9.17) is 16.7 Å². The monoisotopic (exact) mass is 305 g/mol. The fourth-order valence-corrected chi connectivity index (χ4v) is 2.26. The molecule has 1 amide bonds. The maximum Gasteiger partial charge on any atom is 0.326 e. The minimum atomic E-state index is -1.32. The summed E-state index contributed by atoms with van der Waals surface area (Å²) in [6, 6.07) is -0.00800. The Kier molecular flexibility index (Phi) is 3.92. The first-order valence-corrected chi connectivity index (χ1v) is 6.05. The third kappa shape index (κ3) is 2.59. The molecule has 5 nitrogen and oxygen atoms in total. The summed E-state index contributed by atoms with van der Waals surface area (Å²) < 4.78 is 27.0. The molecule has 0 saturated carbocycles. The van der Waals surface area contributed by atoms with Crippen molar-refractivity contribution in [3.8, 4) is 0 Å². The summed E-state index contributed by atoms with van der Waals surface area (Å²) in [5, 5.41) is 17.9. The Hall–Kier alpha value is -1.73. The molecule has 0 aromatic heterocycles. The van der Waals surface area contributed by atoms with Crippen molar-refractivity contribution in [2.75, 3.05) is 6.54 Å². The first-order chi connectivity index (χ1) is 9.31. The summed E-state index contributed by atoms with van der Waals surface area (Å²) in [5.41, 5.74) is -0.618. The first-order valence-electron chi connectivity index (χ1n) is 5.67. The van der Waals surface area contributed by atoms with Gasteiger partial charge in [0.1, 0.15) is 17.7 Å². The number of halogens is 3. The third-order valence-corrected chi connectivity index (χ3v) is 3.35. The van der Waals surface area contributed by atoms with Crippen LogP contribution in [0.25, 0.3) is 0 Å². The van der Waals surface area contributed by atoms with E-state index in [-0.39, 0.29) is 13.0 Å². The highest BCUT2D eigenvalue weighted by molar-refractivity contribution is 6.30. The van der Waals surface area contributed by atoms with E-state index < -0.39 is 46.2 Å². The molecule has 1 fully saturated rings. The van der Waals surface area contributed by atoms with Crippen LogP contribution in [0.2, 0.25) is 5.02 Å². The molecule has 1 saturated heterocycles. The Bertz CT molecular complexity index is 581. The van der Waals surface area contributed by atoms with E-state index in [2.05, 4.69) is 0 Å². The van der Waals surface area contributed by atoms with Gasteiger partial charge in [0.2, 0.25) is 0 Å². The van der Waals surface area contributed by atoms with E-state index in [1.807, 2.05) is 0 Å². The fourth-order valence-electron chi connectivity index (χ4n) is 2.11. The van der Waals surface area contributed by atoms with Gasteiger partial charge in [-0.3, -0.25) is 4.79 Å². The molecule has 0 spiro atoms. The van der Waals surface area contributed by atoms with Gasteiger partial charge in [-0.25, -0.2) is 13.6 Å². The highest BCUT2D eigenvalue weighted by Crippen LogP contribution is 2.25. The predicted molar refractivity (Wildman–Crippen MR) is 64.5 cm³/mol.